The third-order valence-electron chi connectivity index (χ3n) is 9.62. The Labute approximate surface area is 349 Å². The van der Waals surface area contributed by atoms with Crippen LogP contribution in [0.5, 0.6) is 0 Å². The minimum absolute atomic E-state index is 0.147. The number of nitrogens with two attached hydrogens (primary N) is 7. The predicted molar refractivity (Wildman–Crippen MR) is 226 cm³/mol. The van der Waals surface area contributed by atoms with Crippen molar-refractivity contribution in [3.8, 4) is 0 Å². The second-order valence-electron chi connectivity index (χ2n) is 14.7. The fraction of sp³-hybridized carbons (Fsp3) is 0.816. The van der Waals surface area contributed by atoms with Gasteiger partial charge in [-0.3, -0.25) is 33.6 Å². The van der Waals surface area contributed by atoms with E-state index in [9.17, 15) is 33.6 Å². The zero-order valence-corrected chi connectivity index (χ0v) is 35.0. The third kappa shape index (κ3) is 26.0. The number of hydrogen-bond donors (Lipinski definition) is 14. The van der Waals surface area contributed by atoms with Crippen LogP contribution in [0.25, 0.3) is 0 Å². The molecule has 21 N–H and O–H groups in total. The lowest BCUT2D eigenvalue weighted by Crippen LogP contribution is -2.59. The molecule has 0 aliphatic heterocycles. The Balaban J connectivity index is 6.36. The Morgan fingerprint density at radius 1 is 0.356 bits per heavy atom. The minimum Gasteiger partial charge on any atom is -0.480 e. The van der Waals surface area contributed by atoms with Crippen LogP contribution in [0.15, 0.2) is 0 Å². The van der Waals surface area contributed by atoms with Gasteiger partial charge in [0.2, 0.25) is 35.4 Å². The van der Waals surface area contributed by atoms with E-state index in [1.54, 1.807) is 0 Å². The molecule has 21 heteroatoms. The van der Waals surface area contributed by atoms with Gasteiger partial charge in [0.25, 0.3) is 0 Å². The summed E-state index contributed by atoms with van der Waals surface area (Å²) in [5.74, 6) is -5.10. The molecule has 0 aromatic heterocycles. The first-order valence-electron chi connectivity index (χ1n) is 21.3. The molecule has 0 heterocycles. The number of carboxylic acid groups (broad SMARTS) is 1. The highest BCUT2D eigenvalue weighted by atomic mass is 16.4. The molecule has 0 aromatic carbocycles. The van der Waals surface area contributed by atoms with Crippen molar-refractivity contribution in [3.05, 3.63) is 0 Å². The summed E-state index contributed by atoms with van der Waals surface area (Å²) < 4.78 is 0. The summed E-state index contributed by atoms with van der Waals surface area (Å²) >= 11 is 0. The van der Waals surface area contributed by atoms with Gasteiger partial charge in [-0.2, -0.15) is 0 Å². The molecule has 6 atom stereocenters. The number of hydrogen-bond acceptors (Lipinski definition) is 14. The van der Waals surface area contributed by atoms with E-state index in [2.05, 4.69) is 31.9 Å². The minimum atomic E-state index is -1.26. The average Bonchev–Trinajstić information content (AvgIpc) is 3.20. The van der Waals surface area contributed by atoms with Gasteiger partial charge in [0, 0.05) is 0 Å². The average molecular weight is 844 g/mol. The molecule has 59 heavy (non-hydrogen) atoms. The monoisotopic (exact) mass is 844 g/mol. The van der Waals surface area contributed by atoms with E-state index < -0.39 is 84.2 Å². The van der Waals surface area contributed by atoms with Crippen LogP contribution < -0.4 is 72.0 Å². The van der Waals surface area contributed by atoms with E-state index in [4.69, 9.17) is 45.2 Å². The first-order valence-corrected chi connectivity index (χ1v) is 21.3. The lowest BCUT2D eigenvalue weighted by atomic mass is 10.0. The summed E-state index contributed by atoms with van der Waals surface area (Å²) in [7, 11) is 0. The topological polar surface area (TPSA) is 394 Å². The van der Waals surface area contributed by atoms with Gasteiger partial charge in [-0.1, -0.05) is 6.42 Å². The van der Waals surface area contributed by atoms with Crippen molar-refractivity contribution in [2.24, 2.45) is 40.1 Å². The lowest BCUT2D eigenvalue weighted by Gasteiger charge is -2.27. The summed E-state index contributed by atoms with van der Waals surface area (Å²) in [5, 5.41) is 25.0. The van der Waals surface area contributed by atoms with Crippen molar-refractivity contribution in [2.75, 3.05) is 45.8 Å². The van der Waals surface area contributed by atoms with E-state index in [1.165, 1.54) is 0 Å². The van der Waals surface area contributed by atoms with Crippen LogP contribution in [-0.2, 0) is 33.6 Å². The van der Waals surface area contributed by atoms with Gasteiger partial charge in [-0.05, 0) is 148 Å². The molecule has 0 radical (unpaired) electrons. The number of unbranched alkanes of at least 4 members (excludes halogenated alkanes) is 6. The molecule has 0 aliphatic rings. The van der Waals surface area contributed by atoms with Gasteiger partial charge in [0.15, 0.2) is 0 Å². The molecule has 0 fully saturated rings. The molecule has 0 bridgehead atoms. The van der Waals surface area contributed by atoms with Gasteiger partial charge in [0.1, 0.15) is 36.8 Å². The molecule has 0 aromatic rings. The summed E-state index contributed by atoms with van der Waals surface area (Å²) in [6.07, 6.45) is 7.71. The Morgan fingerprint density at radius 3 is 0.847 bits per heavy atom. The maximum Gasteiger partial charge on any atom is 0.322 e. The van der Waals surface area contributed by atoms with Crippen LogP contribution in [0.3, 0.4) is 0 Å². The van der Waals surface area contributed by atoms with Crippen molar-refractivity contribution in [3.63, 3.8) is 0 Å². The van der Waals surface area contributed by atoms with Crippen LogP contribution in [-0.4, -0.2) is 129 Å². The van der Waals surface area contributed by atoms with Crippen molar-refractivity contribution < 1.29 is 38.7 Å². The SMILES string of the molecule is NCCCC[C@H](NC(=O)[C@H](CCCCN)NC(=O)[C@H](CCCCN)NC(=O)[C@H](CCCCN)NC(=O)[C@H](CCCCN)NC(=O)[C@@H](N)CCCCN)C(=O)NCC(=O)O. The van der Waals surface area contributed by atoms with Gasteiger partial charge >= 0.3 is 5.97 Å². The molecule has 0 spiro atoms. The Bertz CT molecular complexity index is 1230. The highest BCUT2D eigenvalue weighted by Gasteiger charge is 2.32. The van der Waals surface area contributed by atoms with Crippen LogP contribution >= 0.6 is 0 Å². The molecule has 0 unspecified atom stereocenters. The molecule has 0 saturated heterocycles. The van der Waals surface area contributed by atoms with Gasteiger partial charge in [-0.25, -0.2) is 0 Å². The van der Waals surface area contributed by atoms with Gasteiger partial charge < -0.3 is 77.1 Å². The largest absolute Gasteiger partial charge is 0.480 e. The van der Waals surface area contributed by atoms with Crippen LogP contribution in [0.1, 0.15) is 116 Å². The van der Waals surface area contributed by atoms with Crippen molar-refractivity contribution in [2.45, 2.75) is 152 Å². The lowest BCUT2D eigenvalue weighted by molar-refractivity contribution is -0.138. The number of carbonyl (C=O) groups excluding carboxylic acids is 6. The molecule has 342 valence electrons. The van der Waals surface area contributed by atoms with E-state index in [0.717, 1.165) is 0 Å². The fourth-order valence-electron chi connectivity index (χ4n) is 6.10. The molecule has 6 amide bonds. The van der Waals surface area contributed by atoms with E-state index in [0.29, 0.717) is 123 Å². The molecule has 0 aliphatic carbocycles. The number of carboxylic acids is 1. The van der Waals surface area contributed by atoms with Crippen LogP contribution in [0, 0.1) is 0 Å². The predicted octanol–water partition coefficient (Wildman–Crippen LogP) is -3.29. The standard InChI is InChI=1S/C38H77N13O8/c39-19-7-1-13-26(45)33(54)47-28(15-3-9-21-41)35(56)49-30(17-5-11-23-43)37(58)51-31(18-6-12-24-44)38(59)50-29(16-4-10-22-42)36(57)48-27(14-2-8-20-40)34(55)46-25-32(52)53/h26-31H,1-25,39-45H2,(H,46,55)(H,47,54)(H,48,57)(H,49,56)(H,50,59)(H,51,58)(H,52,53)/t26-,27-,28-,29-,30-,31-/m0/s1. The smallest absolute Gasteiger partial charge is 0.322 e. The first kappa shape index (κ1) is 55.0. The molecule has 0 rings (SSSR count). The zero-order valence-electron chi connectivity index (χ0n) is 35.0. The normalized spacial score (nSPS) is 14.2. The fourth-order valence-corrected chi connectivity index (χ4v) is 6.10. The van der Waals surface area contributed by atoms with Crippen molar-refractivity contribution >= 4 is 41.4 Å². The van der Waals surface area contributed by atoms with Crippen molar-refractivity contribution in [1.82, 2.24) is 31.9 Å². The number of nitrogens with one attached hydrogen (secondary N) is 6. The Hall–Kier alpha value is -3.99. The summed E-state index contributed by atoms with van der Waals surface area (Å²) in [6, 6.07) is -6.39. The number of rotatable bonds is 37. The highest BCUT2D eigenvalue weighted by molar-refractivity contribution is 5.96. The first-order chi connectivity index (χ1) is 28.3. The van der Waals surface area contributed by atoms with Crippen molar-refractivity contribution in [1.29, 1.82) is 0 Å². The second kappa shape index (κ2) is 34.8. The number of carbonyl (C=O) groups is 7. The molecular weight excluding hydrogens is 767 g/mol. The van der Waals surface area contributed by atoms with Crippen LogP contribution in [0.4, 0.5) is 0 Å². The molecule has 0 saturated carbocycles. The molecular formula is C38H77N13O8. The highest BCUT2D eigenvalue weighted by Crippen LogP contribution is 2.11. The maximum atomic E-state index is 14.0. The second-order valence-corrected chi connectivity index (χ2v) is 14.7. The Kier molecular flexibility index (Phi) is 32.5. The zero-order chi connectivity index (χ0) is 44.4. The van der Waals surface area contributed by atoms with Gasteiger partial charge in [0.05, 0.1) is 6.04 Å². The third-order valence-corrected chi connectivity index (χ3v) is 9.62. The summed E-state index contributed by atoms with van der Waals surface area (Å²) in [4.78, 5) is 92.3. The van der Waals surface area contributed by atoms with Gasteiger partial charge in [-0.15, -0.1) is 0 Å². The quantitative estimate of drug-likeness (QED) is 0.0273. The summed E-state index contributed by atoms with van der Waals surface area (Å²) in [5.41, 5.74) is 40.1. The molecule has 21 nitrogen and oxygen atoms in total. The Morgan fingerprint density at radius 2 is 0.593 bits per heavy atom. The number of amides is 6. The number of aliphatic carboxylic acids is 1. The van der Waals surface area contributed by atoms with E-state index >= 15 is 0 Å². The van der Waals surface area contributed by atoms with E-state index in [-0.39, 0.29) is 32.1 Å². The van der Waals surface area contributed by atoms with Crippen LogP contribution in [0.2, 0.25) is 0 Å². The maximum absolute atomic E-state index is 14.0. The van der Waals surface area contributed by atoms with E-state index in [1.807, 2.05) is 0 Å². The summed E-state index contributed by atoms with van der Waals surface area (Å²) in [6.45, 7) is 1.54.